The molecule has 1 saturated heterocycles. The molecule has 0 radical (unpaired) electrons. The van der Waals surface area contributed by atoms with Gasteiger partial charge in [0, 0.05) is 37.9 Å². The van der Waals surface area contributed by atoms with Crippen molar-refractivity contribution in [2.75, 3.05) is 13.1 Å². The summed E-state index contributed by atoms with van der Waals surface area (Å²) in [7, 11) is 0. The zero-order valence-electron chi connectivity index (χ0n) is 14.1. The van der Waals surface area contributed by atoms with Crippen LogP contribution in [0.25, 0.3) is 0 Å². The lowest BCUT2D eigenvalue weighted by atomic mass is 9.85. The Hall–Kier alpha value is -2.11. The summed E-state index contributed by atoms with van der Waals surface area (Å²) in [5.41, 5.74) is 0.438. The van der Waals surface area contributed by atoms with E-state index in [0.717, 1.165) is 37.7 Å². The number of hydrogen-bond acceptors (Lipinski definition) is 4. The number of amides is 1. The Bertz CT molecular complexity index is 716. The maximum atomic E-state index is 12.7. The van der Waals surface area contributed by atoms with Gasteiger partial charge in [-0.15, -0.1) is 0 Å². The third-order valence-corrected chi connectivity index (χ3v) is 5.45. The number of hydrogen-bond donors (Lipinski definition) is 0. The zero-order valence-corrected chi connectivity index (χ0v) is 14.1. The molecule has 2 aliphatic rings. The van der Waals surface area contributed by atoms with Crippen molar-refractivity contribution < 1.29 is 9.21 Å². The molecule has 6 nitrogen and oxygen atoms in total. The van der Waals surface area contributed by atoms with Crippen LogP contribution in [0.5, 0.6) is 0 Å². The van der Waals surface area contributed by atoms with E-state index in [0.29, 0.717) is 23.9 Å². The van der Waals surface area contributed by atoms with E-state index in [1.54, 1.807) is 6.92 Å². The van der Waals surface area contributed by atoms with E-state index < -0.39 is 0 Å². The molecular weight excluding hydrogens is 304 g/mol. The topological polar surface area (TPSA) is 64.2 Å². The van der Waals surface area contributed by atoms with E-state index in [1.165, 1.54) is 25.7 Å². The van der Waals surface area contributed by atoms with Crippen molar-refractivity contribution >= 4 is 5.91 Å². The number of oxazole rings is 1. The first-order chi connectivity index (χ1) is 11.7. The molecule has 1 saturated carbocycles. The molecular formula is C18H24N4O2. The van der Waals surface area contributed by atoms with Gasteiger partial charge in [-0.05, 0) is 38.5 Å². The van der Waals surface area contributed by atoms with Crippen LogP contribution >= 0.6 is 0 Å². The lowest BCUT2D eigenvalue weighted by Gasteiger charge is -2.33. The third-order valence-electron chi connectivity index (χ3n) is 5.45. The van der Waals surface area contributed by atoms with E-state index >= 15 is 0 Å². The molecule has 128 valence electrons. The number of aromatic nitrogens is 3. The van der Waals surface area contributed by atoms with Crippen molar-refractivity contribution in [1.82, 2.24) is 19.4 Å². The summed E-state index contributed by atoms with van der Waals surface area (Å²) >= 11 is 0. The highest BCUT2D eigenvalue weighted by atomic mass is 16.3. The molecule has 2 fully saturated rings. The third kappa shape index (κ3) is 2.85. The van der Waals surface area contributed by atoms with Gasteiger partial charge in [-0.25, -0.2) is 9.97 Å². The SMILES string of the molecule is Cc1ocnc1C(=O)N1CCCC(c2nccn2CC2CCC2)C1. The van der Waals surface area contributed by atoms with E-state index in [2.05, 4.69) is 20.7 Å². The van der Waals surface area contributed by atoms with Gasteiger partial charge in [-0.2, -0.15) is 0 Å². The average molecular weight is 328 g/mol. The first kappa shape index (κ1) is 15.4. The van der Waals surface area contributed by atoms with Crippen molar-refractivity contribution in [3.8, 4) is 0 Å². The fourth-order valence-electron chi connectivity index (χ4n) is 3.82. The van der Waals surface area contributed by atoms with Crippen molar-refractivity contribution in [1.29, 1.82) is 0 Å². The first-order valence-corrected chi connectivity index (χ1v) is 8.92. The molecule has 1 unspecified atom stereocenters. The van der Waals surface area contributed by atoms with Crippen molar-refractivity contribution in [2.45, 2.75) is 51.5 Å². The molecule has 1 atom stereocenters. The van der Waals surface area contributed by atoms with Gasteiger partial charge in [0.15, 0.2) is 12.1 Å². The van der Waals surface area contributed by atoms with E-state index in [4.69, 9.17) is 4.42 Å². The average Bonchev–Trinajstić information content (AvgIpc) is 3.19. The Kier molecular flexibility index (Phi) is 4.12. The molecule has 1 aliphatic heterocycles. The van der Waals surface area contributed by atoms with Crippen LogP contribution in [0.2, 0.25) is 0 Å². The molecule has 2 aromatic heterocycles. The van der Waals surface area contributed by atoms with E-state index in [1.807, 2.05) is 11.1 Å². The number of imidazole rings is 1. The monoisotopic (exact) mass is 328 g/mol. The molecule has 0 bridgehead atoms. The number of carbonyl (C=O) groups is 1. The summed E-state index contributed by atoms with van der Waals surface area (Å²) in [5.74, 6) is 2.81. The lowest BCUT2D eigenvalue weighted by molar-refractivity contribution is 0.0695. The molecule has 6 heteroatoms. The van der Waals surface area contributed by atoms with Gasteiger partial charge in [-0.1, -0.05) is 6.42 Å². The van der Waals surface area contributed by atoms with Gasteiger partial charge < -0.3 is 13.9 Å². The van der Waals surface area contributed by atoms with Crippen molar-refractivity contribution in [3.63, 3.8) is 0 Å². The van der Waals surface area contributed by atoms with Gasteiger partial charge in [-0.3, -0.25) is 4.79 Å². The predicted molar refractivity (Wildman–Crippen MR) is 88.7 cm³/mol. The molecule has 3 heterocycles. The van der Waals surface area contributed by atoms with E-state index in [-0.39, 0.29) is 5.91 Å². The fourth-order valence-corrected chi connectivity index (χ4v) is 3.82. The summed E-state index contributed by atoms with van der Waals surface area (Å²) in [6.07, 6.45) is 11.4. The summed E-state index contributed by atoms with van der Waals surface area (Å²) < 4.78 is 7.49. The van der Waals surface area contributed by atoms with Crippen LogP contribution in [0, 0.1) is 12.8 Å². The van der Waals surface area contributed by atoms with Crippen molar-refractivity contribution in [2.24, 2.45) is 5.92 Å². The number of carbonyl (C=O) groups excluding carboxylic acids is 1. The van der Waals surface area contributed by atoms with Crippen molar-refractivity contribution in [3.05, 3.63) is 36.1 Å². The number of piperidine rings is 1. The molecule has 1 aliphatic carbocycles. The Balaban J connectivity index is 1.48. The minimum atomic E-state index is -0.0250. The first-order valence-electron chi connectivity index (χ1n) is 8.92. The summed E-state index contributed by atoms with van der Waals surface area (Å²) in [4.78, 5) is 23.3. The Labute approximate surface area is 141 Å². The molecule has 0 aromatic carbocycles. The Morgan fingerprint density at radius 2 is 2.17 bits per heavy atom. The predicted octanol–water partition coefficient (Wildman–Crippen LogP) is 3.00. The lowest BCUT2D eigenvalue weighted by Crippen LogP contribution is -2.40. The largest absolute Gasteiger partial charge is 0.448 e. The summed E-state index contributed by atoms with van der Waals surface area (Å²) in [5, 5.41) is 0. The van der Waals surface area contributed by atoms with Gasteiger partial charge in [0.2, 0.25) is 0 Å². The van der Waals surface area contributed by atoms with Gasteiger partial charge in [0.25, 0.3) is 5.91 Å². The molecule has 2 aromatic rings. The number of rotatable bonds is 4. The second-order valence-electron chi connectivity index (χ2n) is 7.08. The summed E-state index contributed by atoms with van der Waals surface area (Å²) in [6.45, 7) is 4.35. The Morgan fingerprint density at radius 3 is 2.88 bits per heavy atom. The van der Waals surface area contributed by atoms with Crippen LogP contribution in [0.1, 0.15) is 60.1 Å². The second kappa shape index (κ2) is 6.42. The smallest absolute Gasteiger partial charge is 0.276 e. The molecule has 1 amide bonds. The van der Waals surface area contributed by atoms with Gasteiger partial charge in [0.1, 0.15) is 11.6 Å². The van der Waals surface area contributed by atoms with Crippen LogP contribution in [0.3, 0.4) is 0 Å². The van der Waals surface area contributed by atoms with Gasteiger partial charge in [0.05, 0.1) is 0 Å². The van der Waals surface area contributed by atoms with Crippen LogP contribution < -0.4 is 0 Å². The fraction of sp³-hybridized carbons (Fsp3) is 0.611. The normalized spacial score (nSPS) is 21.7. The maximum absolute atomic E-state index is 12.7. The number of aryl methyl sites for hydroxylation is 1. The zero-order chi connectivity index (χ0) is 16.5. The number of likely N-dealkylation sites (tertiary alicyclic amines) is 1. The van der Waals surface area contributed by atoms with Gasteiger partial charge >= 0.3 is 0 Å². The van der Waals surface area contributed by atoms with Crippen LogP contribution in [-0.2, 0) is 6.54 Å². The van der Waals surface area contributed by atoms with E-state index in [9.17, 15) is 4.79 Å². The highest BCUT2D eigenvalue weighted by Gasteiger charge is 2.30. The Morgan fingerprint density at radius 1 is 1.29 bits per heavy atom. The van der Waals surface area contributed by atoms with Crippen LogP contribution in [0.4, 0.5) is 0 Å². The highest BCUT2D eigenvalue weighted by Crippen LogP contribution is 2.31. The molecule has 0 N–H and O–H groups in total. The molecule has 0 spiro atoms. The number of nitrogens with zero attached hydrogens (tertiary/aromatic N) is 4. The minimum absolute atomic E-state index is 0.0250. The van der Waals surface area contributed by atoms with Crippen LogP contribution in [-0.4, -0.2) is 38.4 Å². The highest BCUT2D eigenvalue weighted by molar-refractivity contribution is 5.93. The molecule has 4 rings (SSSR count). The molecule has 24 heavy (non-hydrogen) atoms. The maximum Gasteiger partial charge on any atom is 0.276 e. The quantitative estimate of drug-likeness (QED) is 0.865. The summed E-state index contributed by atoms with van der Waals surface area (Å²) in [6, 6.07) is 0. The van der Waals surface area contributed by atoms with Crippen LogP contribution in [0.15, 0.2) is 23.2 Å². The standard InChI is InChI=1S/C18H24N4O2/c1-13-16(20-12-24-13)18(23)22-8-3-6-15(11-22)17-19-7-9-21(17)10-14-4-2-5-14/h7,9,12,14-15H,2-6,8,10-11H2,1H3. The minimum Gasteiger partial charge on any atom is -0.448 e. The second-order valence-corrected chi connectivity index (χ2v) is 7.08.